The Morgan fingerprint density at radius 3 is 2.42 bits per heavy atom. The first kappa shape index (κ1) is 13.3. The third kappa shape index (κ3) is 3.01. The maximum absolute atomic E-state index is 13.1. The second-order valence-corrected chi connectivity index (χ2v) is 5.43. The number of nitrogen functional groups attached to an aromatic ring is 1. The fourth-order valence-electron chi connectivity index (χ4n) is 1.62. The van der Waals surface area contributed by atoms with Crippen LogP contribution in [0.5, 0.6) is 0 Å². The van der Waals surface area contributed by atoms with Crippen LogP contribution >= 0.6 is 0 Å². The molecule has 2 aromatic carbocycles. The fraction of sp³-hybridized carbons (Fsp3) is 0. The molecule has 0 aromatic heterocycles. The second-order valence-electron chi connectivity index (χ2n) is 3.90. The van der Waals surface area contributed by atoms with Crippen LogP contribution in [0.3, 0.4) is 0 Å². The first-order valence-corrected chi connectivity index (χ1v) is 6.86. The highest BCUT2D eigenvalue weighted by Crippen LogP contribution is 2.28. The minimum atomic E-state index is -3.90. The van der Waals surface area contributed by atoms with E-state index in [1.54, 1.807) is 12.1 Å². The Labute approximate surface area is 110 Å². The Morgan fingerprint density at radius 2 is 1.79 bits per heavy atom. The molecule has 0 radical (unpaired) electrons. The lowest BCUT2D eigenvalue weighted by Gasteiger charge is -2.11. The Balaban J connectivity index is 2.42. The van der Waals surface area contributed by atoms with Gasteiger partial charge >= 0.3 is 0 Å². The summed E-state index contributed by atoms with van der Waals surface area (Å²) in [5.74, 6) is -0.411. The van der Waals surface area contributed by atoms with Crippen LogP contribution in [0.15, 0.2) is 47.4 Å². The molecular formula is C12H12FN3O2S. The molecule has 0 amide bonds. The Morgan fingerprint density at radius 1 is 1.11 bits per heavy atom. The van der Waals surface area contributed by atoms with Crippen molar-refractivity contribution in [2.75, 3.05) is 11.1 Å². The lowest BCUT2D eigenvalue weighted by atomic mass is 10.2. The SMILES string of the molecule is Nc1c(Nc2cccc(F)c2)cccc1S(N)(=O)=O. The van der Waals surface area contributed by atoms with E-state index in [-0.39, 0.29) is 10.6 Å². The third-order valence-corrected chi connectivity index (χ3v) is 3.45. The molecule has 0 spiro atoms. The molecule has 0 bridgehead atoms. The number of rotatable bonds is 3. The number of primary sulfonamides is 1. The van der Waals surface area contributed by atoms with Gasteiger partial charge in [-0.1, -0.05) is 12.1 Å². The largest absolute Gasteiger partial charge is 0.396 e. The number of hydrogen-bond acceptors (Lipinski definition) is 4. The molecule has 0 heterocycles. The maximum Gasteiger partial charge on any atom is 0.240 e. The molecule has 0 unspecified atom stereocenters. The highest BCUT2D eigenvalue weighted by molar-refractivity contribution is 7.89. The van der Waals surface area contributed by atoms with Crippen molar-refractivity contribution in [1.82, 2.24) is 0 Å². The van der Waals surface area contributed by atoms with Gasteiger partial charge in [-0.05, 0) is 30.3 Å². The van der Waals surface area contributed by atoms with Crippen LogP contribution < -0.4 is 16.2 Å². The summed E-state index contributed by atoms with van der Waals surface area (Å²) in [5, 5.41) is 7.89. The summed E-state index contributed by atoms with van der Waals surface area (Å²) in [6.45, 7) is 0. The molecule has 2 aromatic rings. The van der Waals surface area contributed by atoms with Crippen LogP contribution in [-0.4, -0.2) is 8.42 Å². The quantitative estimate of drug-likeness (QED) is 0.747. The highest BCUT2D eigenvalue weighted by atomic mass is 32.2. The zero-order valence-electron chi connectivity index (χ0n) is 9.80. The molecule has 0 saturated carbocycles. The molecular weight excluding hydrogens is 269 g/mol. The van der Waals surface area contributed by atoms with E-state index >= 15 is 0 Å². The van der Waals surface area contributed by atoms with Crippen LogP contribution in [0.4, 0.5) is 21.5 Å². The lowest BCUT2D eigenvalue weighted by Crippen LogP contribution is -2.15. The predicted octanol–water partition coefficient (Wildman–Crippen LogP) is 1.80. The van der Waals surface area contributed by atoms with Crippen molar-refractivity contribution < 1.29 is 12.8 Å². The summed E-state index contributed by atoms with van der Waals surface area (Å²) >= 11 is 0. The van der Waals surface area contributed by atoms with Gasteiger partial charge in [-0.15, -0.1) is 0 Å². The second kappa shape index (κ2) is 4.87. The summed E-state index contributed by atoms with van der Waals surface area (Å²) in [5.41, 5.74) is 6.54. The normalized spacial score (nSPS) is 11.3. The summed E-state index contributed by atoms with van der Waals surface area (Å²) in [4.78, 5) is -0.172. The number of nitrogens with two attached hydrogens (primary N) is 2. The molecule has 100 valence electrons. The van der Waals surface area contributed by atoms with Crippen molar-refractivity contribution in [2.24, 2.45) is 5.14 Å². The molecule has 0 saturated heterocycles. The zero-order chi connectivity index (χ0) is 14.0. The van der Waals surface area contributed by atoms with Crippen LogP contribution in [0, 0.1) is 5.82 Å². The van der Waals surface area contributed by atoms with Gasteiger partial charge in [-0.25, -0.2) is 17.9 Å². The summed E-state index contributed by atoms with van der Waals surface area (Å²) in [6.07, 6.45) is 0. The number of benzene rings is 2. The maximum atomic E-state index is 13.1. The molecule has 7 heteroatoms. The Kier molecular flexibility index (Phi) is 3.41. The number of sulfonamides is 1. The van der Waals surface area contributed by atoms with Crippen LogP contribution in [0.1, 0.15) is 0 Å². The number of hydrogen-bond donors (Lipinski definition) is 3. The highest BCUT2D eigenvalue weighted by Gasteiger charge is 2.14. The molecule has 0 aliphatic rings. The van der Waals surface area contributed by atoms with E-state index in [9.17, 15) is 12.8 Å². The van der Waals surface area contributed by atoms with Gasteiger partial charge in [0.05, 0.1) is 11.4 Å². The summed E-state index contributed by atoms with van der Waals surface area (Å²) < 4.78 is 35.7. The van der Waals surface area contributed by atoms with Crippen LogP contribution in [0.2, 0.25) is 0 Å². The minimum Gasteiger partial charge on any atom is -0.396 e. The van der Waals surface area contributed by atoms with Gasteiger partial charge in [-0.2, -0.15) is 0 Å². The number of nitrogens with one attached hydrogen (secondary N) is 1. The van der Waals surface area contributed by atoms with Gasteiger partial charge in [0.2, 0.25) is 10.0 Å². The van der Waals surface area contributed by atoms with Crippen molar-refractivity contribution >= 4 is 27.1 Å². The van der Waals surface area contributed by atoms with Crippen molar-refractivity contribution in [3.63, 3.8) is 0 Å². The minimum absolute atomic E-state index is 0.00531. The molecule has 5 N–H and O–H groups in total. The van der Waals surface area contributed by atoms with E-state index in [1.165, 1.54) is 30.3 Å². The molecule has 0 fully saturated rings. The molecule has 5 nitrogen and oxygen atoms in total. The lowest BCUT2D eigenvalue weighted by molar-refractivity contribution is 0.598. The van der Waals surface area contributed by atoms with Crippen molar-refractivity contribution in [2.45, 2.75) is 4.90 Å². The van der Waals surface area contributed by atoms with Crippen molar-refractivity contribution in [3.05, 3.63) is 48.3 Å². The molecule has 0 aliphatic carbocycles. The first-order chi connectivity index (χ1) is 8.88. The predicted molar refractivity (Wildman–Crippen MR) is 71.9 cm³/mol. The number of para-hydroxylation sites is 1. The van der Waals surface area contributed by atoms with Gasteiger partial charge in [0.15, 0.2) is 0 Å². The summed E-state index contributed by atoms with van der Waals surface area (Å²) in [6, 6.07) is 10.1. The van der Waals surface area contributed by atoms with Gasteiger partial charge in [0.1, 0.15) is 10.7 Å². The smallest absolute Gasteiger partial charge is 0.240 e. The average Bonchev–Trinajstić information content (AvgIpc) is 2.30. The third-order valence-electron chi connectivity index (χ3n) is 2.48. The fourth-order valence-corrected chi connectivity index (χ4v) is 2.31. The van der Waals surface area contributed by atoms with E-state index in [0.29, 0.717) is 11.4 Å². The average molecular weight is 281 g/mol. The van der Waals surface area contributed by atoms with Crippen molar-refractivity contribution in [3.8, 4) is 0 Å². The number of halogens is 1. The molecule has 0 aliphatic heterocycles. The van der Waals surface area contributed by atoms with E-state index in [2.05, 4.69) is 5.32 Å². The zero-order valence-corrected chi connectivity index (χ0v) is 10.6. The van der Waals surface area contributed by atoms with E-state index in [4.69, 9.17) is 10.9 Å². The van der Waals surface area contributed by atoms with Crippen LogP contribution in [0.25, 0.3) is 0 Å². The van der Waals surface area contributed by atoms with Gasteiger partial charge in [0, 0.05) is 5.69 Å². The van der Waals surface area contributed by atoms with Gasteiger partial charge < -0.3 is 11.1 Å². The Bertz CT molecular complexity index is 717. The molecule has 2 rings (SSSR count). The van der Waals surface area contributed by atoms with Crippen LogP contribution in [-0.2, 0) is 10.0 Å². The van der Waals surface area contributed by atoms with E-state index < -0.39 is 15.8 Å². The molecule has 19 heavy (non-hydrogen) atoms. The Hall–Kier alpha value is -2.12. The van der Waals surface area contributed by atoms with Crippen molar-refractivity contribution in [1.29, 1.82) is 0 Å². The number of anilines is 3. The first-order valence-electron chi connectivity index (χ1n) is 5.32. The molecule has 0 atom stereocenters. The monoisotopic (exact) mass is 281 g/mol. The summed E-state index contributed by atoms with van der Waals surface area (Å²) in [7, 11) is -3.90. The topological polar surface area (TPSA) is 98.2 Å². The van der Waals surface area contributed by atoms with Gasteiger partial charge in [0.25, 0.3) is 0 Å². The standard InChI is InChI=1S/C12H12FN3O2S/c13-8-3-1-4-9(7-8)16-10-5-2-6-11(12(10)14)19(15,17)18/h1-7,16H,14H2,(H2,15,17,18). The van der Waals surface area contributed by atoms with E-state index in [1.807, 2.05) is 0 Å². The van der Waals surface area contributed by atoms with E-state index in [0.717, 1.165) is 0 Å². The van der Waals surface area contributed by atoms with Gasteiger partial charge in [-0.3, -0.25) is 0 Å².